The van der Waals surface area contributed by atoms with E-state index < -0.39 is 0 Å². The van der Waals surface area contributed by atoms with Gasteiger partial charge >= 0.3 is 0 Å². The maximum Gasteiger partial charge on any atom is 0.191 e. The van der Waals surface area contributed by atoms with Crippen LogP contribution in [0.3, 0.4) is 0 Å². The highest BCUT2D eigenvalue weighted by molar-refractivity contribution is 5.79. The van der Waals surface area contributed by atoms with Crippen LogP contribution in [0.15, 0.2) is 17.6 Å². The number of rotatable bonds is 7. The van der Waals surface area contributed by atoms with E-state index in [1.807, 2.05) is 6.08 Å². The molecule has 4 heteroatoms. The third kappa shape index (κ3) is 6.45. The first-order chi connectivity index (χ1) is 7.65. The quantitative estimate of drug-likeness (QED) is 0.387. The van der Waals surface area contributed by atoms with Gasteiger partial charge in [-0.15, -0.1) is 6.58 Å². The summed E-state index contributed by atoms with van der Waals surface area (Å²) in [5.74, 6) is 0.833. The molecule has 0 aromatic rings. The van der Waals surface area contributed by atoms with Gasteiger partial charge in [-0.1, -0.05) is 13.0 Å². The molecule has 2 N–H and O–H groups in total. The van der Waals surface area contributed by atoms with Gasteiger partial charge in [0.2, 0.25) is 0 Å². The van der Waals surface area contributed by atoms with Crippen LogP contribution in [0, 0.1) is 0 Å². The summed E-state index contributed by atoms with van der Waals surface area (Å²) in [4.78, 5) is 6.53. The second-order valence-corrected chi connectivity index (χ2v) is 3.89. The fourth-order valence-corrected chi connectivity index (χ4v) is 1.49. The van der Waals surface area contributed by atoms with Gasteiger partial charge in [0.1, 0.15) is 0 Å². The van der Waals surface area contributed by atoms with Crippen LogP contribution in [0.5, 0.6) is 0 Å². The molecule has 0 aliphatic rings. The van der Waals surface area contributed by atoms with E-state index >= 15 is 0 Å². The second kappa shape index (κ2) is 9.21. The third-order valence-electron chi connectivity index (χ3n) is 2.47. The minimum atomic E-state index is 0.593. The molecule has 4 nitrogen and oxygen atoms in total. The van der Waals surface area contributed by atoms with Gasteiger partial charge in [0, 0.05) is 32.7 Å². The molecule has 0 unspecified atom stereocenters. The molecule has 0 aromatic heterocycles. The topological polar surface area (TPSA) is 39.7 Å². The molecule has 0 aliphatic carbocycles. The van der Waals surface area contributed by atoms with Crippen molar-refractivity contribution in [3.05, 3.63) is 12.7 Å². The summed E-state index contributed by atoms with van der Waals surface area (Å²) >= 11 is 0. The molecule has 0 fully saturated rings. The molecule has 0 bridgehead atoms. The molecule has 94 valence electrons. The summed E-state index contributed by atoms with van der Waals surface area (Å²) < 4.78 is 0. The molecule has 0 aliphatic heterocycles. The Morgan fingerprint density at radius 1 is 1.44 bits per heavy atom. The maximum atomic E-state index is 4.12. The number of hydrogen-bond donors (Lipinski definition) is 2. The van der Waals surface area contributed by atoms with Crippen molar-refractivity contribution in [2.24, 2.45) is 4.99 Å². The van der Waals surface area contributed by atoms with E-state index in [1.165, 1.54) is 0 Å². The SMILES string of the molecule is C=CCNC(=NC)NCCN(CC)C(C)C. The van der Waals surface area contributed by atoms with Crippen LogP contribution in [-0.2, 0) is 0 Å². The first kappa shape index (κ1) is 15.0. The van der Waals surface area contributed by atoms with E-state index in [-0.39, 0.29) is 0 Å². The Balaban J connectivity index is 3.81. The summed E-state index contributed by atoms with van der Waals surface area (Å²) in [6, 6.07) is 0.593. The number of guanidine groups is 1. The van der Waals surface area contributed by atoms with E-state index in [9.17, 15) is 0 Å². The second-order valence-electron chi connectivity index (χ2n) is 3.89. The number of aliphatic imine (C=N–C) groups is 1. The van der Waals surface area contributed by atoms with E-state index in [0.29, 0.717) is 6.04 Å². The Bertz CT molecular complexity index is 211. The summed E-state index contributed by atoms with van der Waals surface area (Å²) in [6.07, 6.45) is 1.82. The molecule has 0 radical (unpaired) electrons. The summed E-state index contributed by atoms with van der Waals surface area (Å²) in [5, 5.41) is 6.42. The third-order valence-corrected chi connectivity index (χ3v) is 2.47. The highest BCUT2D eigenvalue weighted by Gasteiger charge is 2.05. The smallest absolute Gasteiger partial charge is 0.191 e. The van der Waals surface area contributed by atoms with Gasteiger partial charge in [0.25, 0.3) is 0 Å². The molecule has 0 atom stereocenters. The Kier molecular flexibility index (Phi) is 8.62. The molecule has 0 saturated heterocycles. The number of nitrogens with zero attached hydrogens (tertiary/aromatic N) is 2. The van der Waals surface area contributed by atoms with Gasteiger partial charge in [-0.05, 0) is 20.4 Å². The van der Waals surface area contributed by atoms with Crippen LogP contribution in [0.1, 0.15) is 20.8 Å². The molecular formula is C12H26N4. The zero-order chi connectivity index (χ0) is 12.4. The van der Waals surface area contributed by atoms with Crippen LogP contribution in [0.2, 0.25) is 0 Å². The van der Waals surface area contributed by atoms with Crippen molar-refractivity contribution in [3.8, 4) is 0 Å². The van der Waals surface area contributed by atoms with Crippen LogP contribution >= 0.6 is 0 Å². The van der Waals surface area contributed by atoms with Crippen molar-refractivity contribution in [2.75, 3.05) is 33.2 Å². The van der Waals surface area contributed by atoms with Gasteiger partial charge in [-0.3, -0.25) is 9.89 Å². The predicted molar refractivity (Wildman–Crippen MR) is 71.9 cm³/mol. The first-order valence-corrected chi connectivity index (χ1v) is 5.95. The van der Waals surface area contributed by atoms with Gasteiger partial charge in [-0.2, -0.15) is 0 Å². The van der Waals surface area contributed by atoms with Gasteiger partial charge in [0.05, 0.1) is 0 Å². The maximum absolute atomic E-state index is 4.12. The van der Waals surface area contributed by atoms with E-state index in [0.717, 1.165) is 32.1 Å². The molecular weight excluding hydrogens is 200 g/mol. The van der Waals surface area contributed by atoms with Crippen LogP contribution in [0.4, 0.5) is 0 Å². The normalized spacial score (nSPS) is 12.0. The molecule has 0 amide bonds. The lowest BCUT2D eigenvalue weighted by Crippen LogP contribution is -2.43. The standard InChI is InChI=1S/C12H26N4/c1-6-8-14-12(13-5)15-9-10-16(7-2)11(3)4/h6,11H,1,7-10H2,2-5H3,(H2,13,14,15). The van der Waals surface area contributed by atoms with Crippen molar-refractivity contribution in [3.63, 3.8) is 0 Å². The average Bonchev–Trinajstić information content (AvgIpc) is 2.28. The summed E-state index contributed by atoms with van der Waals surface area (Å²) in [6.45, 7) is 14.0. The van der Waals surface area contributed by atoms with Crippen molar-refractivity contribution < 1.29 is 0 Å². The number of hydrogen-bond acceptors (Lipinski definition) is 2. The van der Waals surface area contributed by atoms with Gasteiger partial charge in [-0.25, -0.2) is 0 Å². The lowest BCUT2D eigenvalue weighted by atomic mass is 10.3. The zero-order valence-corrected chi connectivity index (χ0v) is 11.1. The largest absolute Gasteiger partial charge is 0.355 e. The first-order valence-electron chi connectivity index (χ1n) is 5.95. The summed E-state index contributed by atoms with van der Waals surface area (Å²) in [7, 11) is 1.78. The molecule has 0 spiro atoms. The molecule has 0 aromatic carbocycles. The van der Waals surface area contributed by atoms with Crippen molar-refractivity contribution >= 4 is 5.96 Å². The number of likely N-dealkylation sites (N-methyl/N-ethyl adjacent to an activating group) is 1. The van der Waals surface area contributed by atoms with Crippen molar-refractivity contribution in [2.45, 2.75) is 26.8 Å². The fraction of sp³-hybridized carbons (Fsp3) is 0.750. The van der Waals surface area contributed by atoms with Gasteiger partial charge in [0.15, 0.2) is 5.96 Å². The predicted octanol–water partition coefficient (Wildman–Crippen LogP) is 1.07. The van der Waals surface area contributed by atoms with Crippen LogP contribution in [-0.4, -0.2) is 50.1 Å². The molecule has 0 rings (SSSR count). The highest BCUT2D eigenvalue weighted by atomic mass is 15.2. The lowest BCUT2D eigenvalue weighted by Gasteiger charge is -2.25. The van der Waals surface area contributed by atoms with Crippen LogP contribution < -0.4 is 10.6 Å². The average molecular weight is 226 g/mol. The monoisotopic (exact) mass is 226 g/mol. The highest BCUT2D eigenvalue weighted by Crippen LogP contribution is 1.95. The minimum absolute atomic E-state index is 0.593. The Morgan fingerprint density at radius 2 is 2.12 bits per heavy atom. The van der Waals surface area contributed by atoms with Crippen LogP contribution in [0.25, 0.3) is 0 Å². The Labute approximate surface area is 99.8 Å². The Morgan fingerprint density at radius 3 is 2.56 bits per heavy atom. The zero-order valence-electron chi connectivity index (χ0n) is 11.1. The summed E-state index contributed by atoms with van der Waals surface area (Å²) in [5.41, 5.74) is 0. The Hall–Kier alpha value is -1.03. The fourth-order valence-electron chi connectivity index (χ4n) is 1.49. The molecule has 0 heterocycles. The minimum Gasteiger partial charge on any atom is -0.355 e. The van der Waals surface area contributed by atoms with Crippen molar-refractivity contribution in [1.29, 1.82) is 0 Å². The molecule has 0 saturated carbocycles. The number of nitrogens with one attached hydrogen (secondary N) is 2. The van der Waals surface area contributed by atoms with E-state index in [1.54, 1.807) is 7.05 Å². The van der Waals surface area contributed by atoms with E-state index in [4.69, 9.17) is 0 Å². The van der Waals surface area contributed by atoms with Gasteiger partial charge < -0.3 is 10.6 Å². The van der Waals surface area contributed by atoms with E-state index in [2.05, 4.69) is 47.9 Å². The molecule has 16 heavy (non-hydrogen) atoms. The lowest BCUT2D eigenvalue weighted by molar-refractivity contribution is 0.237. The van der Waals surface area contributed by atoms with Crippen molar-refractivity contribution in [1.82, 2.24) is 15.5 Å².